The summed E-state index contributed by atoms with van der Waals surface area (Å²) in [7, 11) is 0. The second-order valence-corrected chi connectivity index (χ2v) is 4.15. The van der Waals surface area contributed by atoms with Crippen molar-refractivity contribution in [2.45, 2.75) is 12.3 Å². The maximum absolute atomic E-state index is 11.8. The van der Waals surface area contributed by atoms with E-state index in [0.29, 0.717) is 6.42 Å². The minimum atomic E-state index is 0.0185. The van der Waals surface area contributed by atoms with Crippen LogP contribution in [-0.2, 0) is 4.79 Å². The molecule has 2 nitrogen and oxygen atoms in total. The second kappa shape index (κ2) is 3.27. The smallest absolute Gasteiger partial charge is 0.186 e. The van der Waals surface area contributed by atoms with Crippen LogP contribution in [-0.4, -0.2) is 11.6 Å². The predicted octanol–water partition coefficient (Wildman–Crippen LogP) is 2.42. The fourth-order valence-corrected chi connectivity index (χ4v) is 2.38. The quantitative estimate of drug-likeness (QED) is 0.659. The zero-order valence-corrected chi connectivity index (χ0v) is 8.64. The summed E-state index contributed by atoms with van der Waals surface area (Å²) in [5.41, 5.74) is 2.71. The first kappa shape index (κ1) is 9.28. The Kier molecular flexibility index (Phi) is 1.90. The lowest BCUT2D eigenvalue weighted by Crippen LogP contribution is -2.18. The fourth-order valence-electron chi connectivity index (χ4n) is 2.38. The number of hydrogen-bond donors (Lipinski definition) is 0. The number of ketones is 2. The minimum absolute atomic E-state index is 0.0185. The lowest BCUT2D eigenvalue weighted by molar-refractivity contribution is -0.114. The SMILES string of the molecule is O=C1C=CC2C(=CC(=O)c3ccccc32)C1. The molecule has 78 valence electrons. The van der Waals surface area contributed by atoms with E-state index in [1.165, 1.54) is 0 Å². The van der Waals surface area contributed by atoms with Gasteiger partial charge in [0.1, 0.15) is 0 Å². The molecule has 2 aliphatic rings. The van der Waals surface area contributed by atoms with Crippen molar-refractivity contribution in [3.63, 3.8) is 0 Å². The van der Waals surface area contributed by atoms with Gasteiger partial charge < -0.3 is 0 Å². The minimum Gasteiger partial charge on any atom is -0.295 e. The molecular weight excluding hydrogens is 200 g/mol. The van der Waals surface area contributed by atoms with Gasteiger partial charge in [0.15, 0.2) is 11.6 Å². The maximum atomic E-state index is 11.8. The Balaban J connectivity index is 2.20. The van der Waals surface area contributed by atoms with Gasteiger partial charge in [-0.05, 0) is 23.3 Å². The third-order valence-electron chi connectivity index (χ3n) is 3.13. The van der Waals surface area contributed by atoms with Crippen molar-refractivity contribution in [2.24, 2.45) is 0 Å². The Morgan fingerprint density at radius 3 is 2.81 bits per heavy atom. The molecule has 16 heavy (non-hydrogen) atoms. The van der Waals surface area contributed by atoms with Crippen molar-refractivity contribution in [2.75, 3.05) is 0 Å². The van der Waals surface area contributed by atoms with Gasteiger partial charge in [0.25, 0.3) is 0 Å². The van der Waals surface area contributed by atoms with Crippen molar-refractivity contribution in [3.05, 3.63) is 59.2 Å². The zero-order chi connectivity index (χ0) is 11.1. The molecule has 0 aliphatic heterocycles. The highest BCUT2D eigenvalue weighted by molar-refractivity contribution is 6.09. The van der Waals surface area contributed by atoms with Gasteiger partial charge in [0.2, 0.25) is 0 Å². The molecule has 2 heteroatoms. The molecule has 0 heterocycles. The third kappa shape index (κ3) is 1.27. The van der Waals surface area contributed by atoms with E-state index in [4.69, 9.17) is 0 Å². The van der Waals surface area contributed by atoms with E-state index in [2.05, 4.69) is 0 Å². The van der Waals surface area contributed by atoms with Crippen molar-refractivity contribution in [1.82, 2.24) is 0 Å². The van der Waals surface area contributed by atoms with Crippen LogP contribution in [0.1, 0.15) is 28.3 Å². The summed E-state index contributed by atoms with van der Waals surface area (Å²) in [5, 5.41) is 0. The Labute approximate surface area is 93.3 Å². The largest absolute Gasteiger partial charge is 0.295 e. The number of hydrogen-bond acceptors (Lipinski definition) is 2. The number of rotatable bonds is 0. The van der Waals surface area contributed by atoms with E-state index >= 15 is 0 Å². The maximum Gasteiger partial charge on any atom is 0.186 e. The van der Waals surface area contributed by atoms with Crippen molar-refractivity contribution in [1.29, 1.82) is 0 Å². The second-order valence-electron chi connectivity index (χ2n) is 4.15. The summed E-state index contributed by atoms with van der Waals surface area (Å²) in [5.74, 6) is 0.214. The Hall–Kier alpha value is -1.96. The first-order valence-electron chi connectivity index (χ1n) is 5.30. The molecule has 1 aromatic carbocycles. The van der Waals surface area contributed by atoms with Crippen LogP contribution >= 0.6 is 0 Å². The Morgan fingerprint density at radius 2 is 1.94 bits per heavy atom. The lowest BCUT2D eigenvalue weighted by Gasteiger charge is -2.25. The van der Waals surface area contributed by atoms with Gasteiger partial charge in [-0.15, -0.1) is 0 Å². The fraction of sp³-hybridized carbons (Fsp3) is 0.143. The first-order chi connectivity index (χ1) is 7.75. The van der Waals surface area contributed by atoms with E-state index in [1.807, 2.05) is 30.3 Å². The van der Waals surface area contributed by atoms with Gasteiger partial charge in [-0.25, -0.2) is 0 Å². The first-order valence-corrected chi connectivity index (χ1v) is 5.30. The summed E-state index contributed by atoms with van der Waals surface area (Å²) in [6, 6.07) is 7.60. The normalized spacial score (nSPS) is 22.5. The van der Waals surface area contributed by atoms with Gasteiger partial charge in [-0.1, -0.05) is 30.3 Å². The van der Waals surface area contributed by atoms with E-state index in [1.54, 1.807) is 12.2 Å². The van der Waals surface area contributed by atoms with Gasteiger partial charge in [0.05, 0.1) is 0 Å². The Bertz CT molecular complexity index is 550. The summed E-state index contributed by atoms with van der Waals surface area (Å²) >= 11 is 0. The van der Waals surface area contributed by atoms with Gasteiger partial charge in [-0.2, -0.15) is 0 Å². The van der Waals surface area contributed by atoms with Crippen LogP contribution in [0, 0.1) is 0 Å². The number of benzene rings is 1. The summed E-state index contributed by atoms with van der Waals surface area (Å²) < 4.78 is 0. The standard InChI is InChI=1S/C14H10O2/c15-10-5-6-11-9(7-10)8-14(16)13-4-2-1-3-12(11)13/h1-6,8,11H,7H2. The monoisotopic (exact) mass is 210 g/mol. The number of fused-ring (bicyclic) bond motifs is 3. The predicted molar refractivity (Wildman–Crippen MR) is 60.4 cm³/mol. The zero-order valence-electron chi connectivity index (χ0n) is 8.64. The molecule has 0 amide bonds. The van der Waals surface area contributed by atoms with Crippen molar-refractivity contribution < 1.29 is 9.59 Å². The van der Waals surface area contributed by atoms with Crippen LogP contribution in [0.2, 0.25) is 0 Å². The third-order valence-corrected chi connectivity index (χ3v) is 3.13. The average Bonchev–Trinajstić information content (AvgIpc) is 2.29. The van der Waals surface area contributed by atoms with E-state index in [0.717, 1.165) is 16.7 Å². The molecular formula is C14H10O2. The molecule has 0 fully saturated rings. The molecule has 2 aliphatic carbocycles. The van der Waals surface area contributed by atoms with Gasteiger partial charge >= 0.3 is 0 Å². The molecule has 0 spiro atoms. The van der Waals surface area contributed by atoms with E-state index in [-0.39, 0.29) is 17.5 Å². The molecule has 1 atom stereocenters. The summed E-state index contributed by atoms with van der Waals surface area (Å²) in [4.78, 5) is 23.1. The molecule has 0 radical (unpaired) electrons. The van der Waals surface area contributed by atoms with Gasteiger partial charge in [-0.3, -0.25) is 9.59 Å². The van der Waals surface area contributed by atoms with Crippen molar-refractivity contribution >= 4 is 11.6 Å². The highest BCUT2D eigenvalue weighted by Gasteiger charge is 2.28. The lowest BCUT2D eigenvalue weighted by atomic mass is 9.77. The highest BCUT2D eigenvalue weighted by atomic mass is 16.1. The van der Waals surface area contributed by atoms with Crippen LogP contribution in [0.25, 0.3) is 0 Å². The molecule has 0 saturated heterocycles. The van der Waals surface area contributed by atoms with Crippen LogP contribution in [0.4, 0.5) is 0 Å². The molecule has 0 N–H and O–H groups in total. The molecule has 0 bridgehead atoms. The van der Waals surface area contributed by atoms with Crippen molar-refractivity contribution in [3.8, 4) is 0 Å². The molecule has 3 rings (SSSR count). The van der Waals surface area contributed by atoms with Crippen LogP contribution in [0.3, 0.4) is 0 Å². The molecule has 0 aromatic heterocycles. The van der Waals surface area contributed by atoms with E-state index < -0.39 is 0 Å². The highest BCUT2D eigenvalue weighted by Crippen LogP contribution is 2.37. The topological polar surface area (TPSA) is 34.1 Å². The summed E-state index contributed by atoms with van der Waals surface area (Å²) in [6.07, 6.45) is 5.51. The van der Waals surface area contributed by atoms with E-state index in [9.17, 15) is 9.59 Å². The van der Waals surface area contributed by atoms with Crippen LogP contribution in [0.5, 0.6) is 0 Å². The number of allylic oxidation sites excluding steroid dienone is 4. The number of carbonyl (C=O) groups excluding carboxylic acids is 2. The molecule has 1 unspecified atom stereocenters. The number of carbonyl (C=O) groups is 2. The molecule has 0 saturated carbocycles. The van der Waals surface area contributed by atoms with Crippen LogP contribution in [0.15, 0.2) is 48.1 Å². The Morgan fingerprint density at radius 1 is 1.12 bits per heavy atom. The van der Waals surface area contributed by atoms with Gasteiger partial charge in [0, 0.05) is 17.9 Å². The average molecular weight is 210 g/mol. The summed E-state index contributed by atoms with van der Waals surface area (Å²) in [6.45, 7) is 0. The molecule has 1 aromatic rings. The van der Waals surface area contributed by atoms with Crippen LogP contribution < -0.4 is 0 Å².